The highest BCUT2D eigenvalue weighted by atomic mass is 35.5. The second-order valence-electron chi connectivity index (χ2n) is 16.1. The minimum Gasteiger partial charge on any atom is -0.490 e. The first-order chi connectivity index (χ1) is 32.9. The second kappa shape index (κ2) is 21.3. The number of nitrogen functional groups attached to an aromatic ring is 2. The number of amides is 2. The Morgan fingerprint density at radius 2 is 1.10 bits per heavy atom. The van der Waals surface area contributed by atoms with Crippen LogP contribution in [0.4, 0.5) is 16.0 Å². The lowest BCUT2D eigenvalue weighted by atomic mass is 10.1. The Bertz CT molecular complexity index is 3350. The fraction of sp³-hybridized carbons (Fsp3) is 0.167. The van der Waals surface area contributed by atoms with Gasteiger partial charge in [-0.3, -0.25) is 9.59 Å². The van der Waals surface area contributed by atoms with E-state index in [1.165, 1.54) is 78.9 Å². The molecule has 18 nitrogen and oxygen atoms in total. The third-order valence-electron chi connectivity index (χ3n) is 9.64. The van der Waals surface area contributed by atoms with Gasteiger partial charge in [-0.2, -0.15) is 16.8 Å². The zero-order valence-electron chi connectivity index (χ0n) is 38.3. The fourth-order valence-corrected chi connectivity index (χ4v) is 8.33. The number of aromatic nitrogens is 4. The van der Waals surface area contributed by atoms with Crippen LogP contribution in [-0.4, -0.2) is 65.9 Å². The van der Waals surface area contributed by atoms with Crippen molar-refractivity contribution in [3.8, 4) is 40.3 Å². The van der Waals surface area contributed by atoms with E-state index in [1.54, 1.807) is 39.8 Å². The summed E-state index contributed by atoms with van der Waals surface area (Å²) in [5.74, 6) is -1.88. The lowest BCUT2D eigenvalue weighted by Gasteiger charge is -2.18. The van der Waals surface area contributed by atoms with Gasteiger partial charge in [-0.25, -0.2) is 33.8 Å². The molecule has 22 heteroatoms. The summed E-state index contributed by atoms with van der Waals surface area (Å²) < 4.78 is 86.6. The molecule has 4 aromatic heterocycles. The number of rotatable bonds is 14. The summed E-state index contributed by atoms with van der Waals surface area (Å²) in [6, 6.07) is 28.4. The molecule has 0 aliphatic carbocycles. The number of nitrogens with two attached hydrogens (primary N) is 2. The van der Waals surface area contributed by atoms with E-state index in [9.17, 15) is 35.9 Å². The van der Waals surface area contributed by atoms with E-state index in [1.807, 2.05) is 47.6 Å². The van der Waals surface area contributed by atoms with Crippen molar-refractivity contribution in [3.05, 3.63) is 160 Å². The SMILES string of the molecule is Cc1cccc(C)c1Oc1nc(-c2cc(F)cc(OCC(C)(C)O)c2)ccc1C(=O)NS(=O)(=O)c1cccc(N)n1.Cc1cccc(C)c1Oc1nc(Cl)ccc1C(=O)NS(=O)(=O)c1cccc(N)n1.[HH].[HH].[HH].[HH].[HH].[HH].[HH]. The van der Waals surface area contributed by atoms with Crippen LogP contribution in [0.5, 0.6) is 29.0 Å². The number of hydrogen-bond donors (Lipinski definition) is 5. The van der Waals surface area contributed by atoms with Crippen LogP contribution in [0.2, 0.25) is 5.15 Å². The molecule has 0 bridgehead atoms. The van der Waals surface area contributed by atoms with Gasteiger partial charge in [-0.05, 0) is 124 Å². The first kappa shape index (κ1) is 51.7. The Hall–Kier alpha value is -7.72. The van der Waals surface area contributed by atoms with Crippen LogP contribution in [0.3, 0.4) is 0 Å². The van der Waals surface area contributed by atoms with Gasteiger partial charge in [0, 0.05) is 21.6 Å². The summed E-state index contributed by atoms with van der Waals surface area (Å²) in [6.07, 6.45) is 0. The number of pyridine rings is 4. The molecule has 70 heavy (non-hydrogen) atoms. The standard InChI is InChI=1S/C29H29FN4O6S.C19H17ClN4O4S.7H2/c1-17-7-5-8-18(2)26(17)40-28-22(27(35)34-41(37,38)25-10-6-9-24(31)33-25)11-12-23(32-28)19-13-20(30)15-21(14-19)39-16-29(3,4)36;1-11-5-3-6-12(2)17(11)28-19-13(9-10-14(20)22-19)18(25)24-29(26,27)16-8-4-7-15(21)23-16;;;;;;;/h5-15,36H,16H2,1-4H3,(H2,31,33)(H,34,35);3-10H,1-2H3,(H2,21,23)(H,24,25);7*1H. The summed E-state index contributed by atoms with van der Waals surface area (Å²) in [6.45, 7) is 10.3. The Labute approximate surface area is 418 Å². The highest BCUT2D eigenvalue weighted by molar-refractivity contribution is 7.90. The minimum absolute atomic E-state index is 0. The number of aliphatic hydroxyl groups is 1. The van der Waals surface area contributed by atoms with Gasteiger partial charge in [0.05, 0.1) is 11.3 Å². The number of anilines is 2. The van der Waals surface area contributed by atoms with Crippen molar-refractivity contribution in [2.75, 3.05) is 18.1 Å². The minimum atomic E-state index is -4.39. The second-order valence-corrected chi connectivity index (χ2v) is 19.8. The first-order valence-electron chi connectivity index (χ1n) is 20.8. The topological polar surface area (TPSA) is 278 Å². The van der Waals surface area contributed by atoms with Gasteiger partial charge in [-0.15, -0.1) is 0 Å². The molecule has 0 aliphatic rings. The van der Waals surface area contributed by atoms with E-state index < -0.39 is 48.3 Å². The molecular weight excluding hydrogens is 967 g/mol. The molecule has 4 heterocycles. The van der Waals surface area contributed by atoms with E-state index in [-0.39, 0.29) is 72.7 Å². The van der Waals surface area contributed by atoms with Gasteiger partial charge in [0.25, 0.3) is 31.9 Å². The number of hydrogen-bond acceptors (Lipinski definition) is 16. The van der Waals surface area contributed by atoms with Crippen LogP contribution in [0.25, 0.3) is 11.3 Å². The van der Waals surface area contributed by atoms with Gasteiger partial charge >= 0.3 is 0 Å². The number of carbonyl (C=O) groups is 2. The van der Waals surface area contributed by atoms with E-state index in [2.05, 4.69) is 19.9 Å². The summed E-state index contributed by atoms with van der Waals surface area (Å²) in [5, 5.41) is 9.23. The summed E-state index contributed by atoms with van der Waals surface area (Å²) in [4.78, 5) is 42.0. The smallest absolute Gasteiger partial charge is 0.281 e. The molecule has 0 saturated heterocycles. The van der Waals surface area contributed by atoms with Crippen molar-refractivity contribution in [1.29, 1.82) is 0 Å². The molecule has 0 aliphatic heterocycles. The first-order valence-corrected chi connectivity index (χ1v) is 24.1. The molecule has 7 aromatic rings. The number of sulfonamides is 2. The van der Waals surface area contributed by atoms with Crippen molar-refractivity contribution in [2.24, 2.45) is 0 Å². The normalized spacial score (nSPS) is 11.4. The predicted octanol–water partition coefficient (Wildman–Crippen LogP) is 9.50. The number of nitrogens with one attached hydrogen (secondary N) is 2. The number of benzene rings is 3. The largest absolute Gasteiger partial charge is 0.490 e. The predicted molar refractivity (Wildman–Crippen MR) is 274 cm³/mol. The average Bonchev–Trinajstić information content (AvgIpc) is 3.28. The van der Waals surface area contributed by atoms with Crippen LogP contribution in [0.15, 0.2) is 125 Å². The molecular formula is C48H60ClFN8O10S2. The molecule has 0 spiro atoms. The Morgan fingerprint density at radius 3 is 1.56 bits per heavy atom. The molecule has 0 atom stereocenters. The quantitative estimate of drug-likeness (QED) is 0.0634. The number of aryl methyl sites for hydroxylation is 4. The van der Waals surface area contributed by atoms with Crippen molar-refractivity contribution in [3.63, 3.8) is 0 Å². The maximum absolute atomic E-state index is 14.5. The molecule has 2 amide bonds. The number of para-hydroxylation sites is 2. The lowest BCUT2D eigenvalue weighted by molar-refractivity contribution is 0.0284. The maximum Gasteiger partial charge on any atom is 0.281 e. The summed E-state index contributed by atoms with van der Waals surface area (Å²) in [7, 11) is -8.64. The van der Waals surface area contributed by atoms with Gasteiger partial charge in [0.1, 0.15) is 57.6 Å². The highest BCUT2D eigenvalue weighted by Crippen LogP contribution is 2.34. The third kappa shape index (κ3) is 13.3. The molecule has 7 N–H and O–H groups in total. The number of halogens is 2. The fourth-order valence-electron chi connectivity index (χ4n) is 6.31. The van der Waals surface area contributed by atoms with Crippen molar-refractivity contribution in [1.82, 2.24) is 29.4 Å². The monoisotopic (exact) mass is 1030 g/mol. The van der Waals surface area contributed by atoms with Crippen LogP contribution >= 0.6 is 11.6 Å². The zero-order chi connectivity index (χ0) is 51.1. The van der Waals surface area contributed by atoms with Crippen LogP contribution < -0.4 is 35.1 Å². The van der Waals surface area contributed by atoms with Crippen molar-refractivity contribution in [2.45, 2.75) is 57.2 Å². The van der Waals surface area contributed by atoms with Crippen LogP contribution in [0, 0.1) is 33.5 Å². The van der Waals surface area contributed by atoms with E-state index in [0.29, 0.717) is 17.1 Å². The molecule has 7 rings (SSSR count). The van der Waals surface area contributed by atoms with Gasteiger partial charge in [0.2, 0.25) is 11.8 Å². The molecule has 378 valence electrons. The third-order valence-corrected chi connectivity index (χ3v) is 12.3. The van der Waals surface area contributed by atoms with Crippen molar-refractivity contribution < 1.29 is 60.1 Å². The van der Waals surface area contributed by atoms with Gasteiger partial charge < -0.3 is 30.8 Å². The molecule has 0 radical (unpaired) electrons. The summed E-state index contributed by atoms with van der Waals surface area (Å²) in [5.41, 5.74) is 13.3. The Balaban J connectivity index is 0. The lowest BCUT2D eigenvalue weighted by Crippen LogP contribution is -2.31. The molecule has 0 saturated carbocycles. The number of ether oxygens (including phenoxy) is 3. The zero-order valence-corrected chi connectivity index (χ0v) is 40.7. The molecule has 3 aromatic carbocycles. The van der Waals surface area contributed by atoms with E-state index in [4.69, 9.17) is 37.3 Å². The molecule has 0 unspecified atom stereocenters. The van der Waals surface area contributed by atoms with Crippen molar-refractivity contribution >= 4 is 55.1 Å². The Morgan fingerprint density at radius 1 is 0.657 bits per heavy atom. The average molecular weight is 1030 g/mol. The highest BCUT2D eigenvalue weighted by Gasteiger charge is 2.27. The molecule has 0 fully saturated rings. The van der Waals surface area contributed by atoms with Crippen LogP contribution in [-0.2, 0) is 20.0 Å². The van der Waals surface area contributed by atoms with Gasteiger partial charge in [-0.1, -0.05) is 60.1 Å². The number of nitrogens with zero attached hydrogens (tertiary/aromatic N) is 4. The summed E-state index contributed by atoms with van der Waals surface area (Å²) >= 11 is 5.95. The Kier molecular flexibility index (Phi) is 15.7. The number of carbonyl (C=O) groups excluding carboxylic acids is 2. The van der Waals surface area contributed by atoms with Crippen LogP contribution in [0.1, 0.15) is 66.8 Å². The van der Waals surface area contributed by atoms with Gasteiger partial charge in [0.15, 0.2) is 10.1 Å². The van der Waals surface area contributed by atoms with E-state index in [0.717, 1.165) is 22.3 Å². The maximum atomic E-state index is 14.5. The van der Waals surface area contributed by atoms with E-state index >= 15 is 0 Å².